The number of fused-ring (bicyclic) bond motifs is 1. The van der Waals surface area contributed by atoms with Gasteiger partial charge in [-0.1, -0.05) is 0 Å². The summed E-state index contributed by atoms with van der Waals surface area (Å²) in [5.74, 6) is 0.437. The van der Waals surface area contributed by atoms with E-state index in [1.807, 2.05) is 43.5 Å². The lowest BCUT2D eigenvalue weighted by molar-refractivity contribution is 0.425. The number of hydrogen-bond acceptors (Lipinski definition) is 7. The molecule has 0 spiro atoms. The van der Waals surface area contributed by atoms with Crippen LogP contribution in [-0.2, 0) is 0 Å². The standard InChI is InChI=1S/C24H22N8O2/c1-14-21(27-17-5-7-19(8-6-17)31-10-2-9-25-31)30-23-16(11-15-12-20(33)29-24(15)34)13-26-32(23)22(14)28-18-3-4-18/h2,5-13,18,27,29,33-34H,3-4H2,1H3. The summed E-state index contributed by atoms with van der Waals surface area (Å²) in [4.78, 5) is 12.2. The fraction of sp³-hybridized carbons (Fsp3) is 0.167. The van der Waals surface area contributed by atoms with Gasteiger partial charge in [0, 0.05) is 40.5 Å². The summed E-state index contributed by atoms with van der Waals surface area (Å²) in [6.45, 7) is 1.98. The summed E-state index contributed by atoms with van der Waals surface area (Å²) in [6.07, 6.45) is 9.18. The number of hydrogen-bond donors (Lipinski definition) is 4. The van der Waals surface area contributed by atoms with Crippen LogP contribution in [0.25, 0.3) is 17.4 Å². The minimum atomic E-state index is -0.123. The number of anilines is 2. The van der Waals surface area contributed by atoms with E-state index >= 15 is 0 Å². The topological polar surface area (TPSA) is 129 Å². The molecule has 1 saturated carbocycles. The molecule has 0 unspecified atom stereocenters. The van der Waals surface area contributed by atoms with Gasteiger partial charge in [-0.05, 0) is 56.2 Å². The third-order valence-electron chi connectivity index (χ3n) is 5.75. The van der Waals surface area contributed by atoms with Crippen molar-refractivity contribution in [3.05, 3.63) is 76.8 Å². The van der Waals surface area contributed by atoms with Crippen LogP contribution in [0.15, 0.2) is 60.0 Å². The lowest BCUT2D eigenvalue weighted by atomic mass is 10.2. The van der Waals surface area contributed by atoms with Crippen molar-refractivity contribution < 1.29 is 10.2 Å². The highest BCUT2D eigenvalue weighted by atomic mass is 16.3. The summed E-state index contributed by atoms with van der Waals surface area (Å²) in [5.41, 5.74) is 4.53. The first kappa shape index (κ1) is 20.0. The molecule has 10 heteroatoms. The summed E-state index contributed by atoms with van der Waals surface area (Å²) in [5, 5.41) is 32.6. The molecule has 1 fully saturated rings. The Balaban J connectivity index is 1.46. The number of aromatic amines is 1. The molecule has 1 aromatic carbocycles. The van der Waals surface area contributed by atoms with Crippen LogP contribution in [0, 0.1) is 6.92 Å². The predicted octanol–water partition coefficient (Wildman–Crippen LogP) is 2.32. The summed E-state index contributed by atoms with van der Waals surface area (Å²) in [7, 11) is 0. The highest BCUT2D eigenvalue weighted by Gasteiger charge is 2.21. The van der Waals surface area contributed by atoms with E-state index in [4.69, 9.17) is 9.98 Å². The maximum atomic E-state index is 10.0. The van der Waals surface area contributed by atoms with Gasteiger partial charge in [0.25, 0.3) is 0 Å². The summed E-state index contributed by atoms with van der Waals surface area (Å²) < 4.78 is 3.53. The number of H-pyrrole nitrogens is 1. The molecule has 1 aliphatic carbocycles. The highest BCUT2D eigenvalue weighted by molar-refractivity contribution is 5.65. The lowest BCUT2D eigenvalue weighted by Gasteiger charge is -2.11. The van der Waals surface area contributed by atoms with Gasteiger partial charge >= 0.3 is 0 Å². The van der Waals surface area contributed by atoms with Crippen LogP contribution in [0.4, 0.5) is 11.5 Å². The normalized spacial score (nSPS) is 14.9. The van der Waals surface area contributed by atoms with Gasteiger partial charge in [-0.25, -0.2) is 9.67 Å². The molecular formula is C24H22N8O2. The van der Waals surface area contributed by atoms with E-state index in [1.165, 1.54) is 6.07 Å². The van der Waals surface area contributed by atoms with E-state index in [0.717, 1.165) is 35.3 Å². The number of nitrogens with zero attached hydrogens (tertiary/aromatic N) is 6. The maximum Gasteiger partial charge on any atom is 0.198 e. The van der Waals surface area contributed by atoms with Crippen LogP contribution < -0.4 is 16.0 Å². The molecule has 0 amide bonds. The van der Waals surface area contributed by atoms with Gasteiger partial charge < -0.3 is 15.5 Å². The minimum Gasteiger partial charge on any atom is -0.494 e. The van der Waals surface area contributed by atoms with Gasteiger partial charge in [-0.2, -0.15) is 14.7 Å². The molecule has 1 aliphatic rings. The van der Waals surface area contributed by atoms with Crippen LogP contribution >= 0.6 is 0 Å². The van der Waals surface area contributed by atoms with Crippen molar-refractivity contribution in [3.63, 3.8) is 0 Å². The molecule has 0 bridgehead atoms. The van der Waals surface area contributed by atoms with Gasteiger partial charge in [0.1, 0.15) is 5.82 Å². The first-order chi connectivity index (χ1) is 16.5. The van der Waals surface area contributed by atoms with Crippen LogP contribution in [0.3, 0.4) is 0 Å². The number of aromatic hydroxyl groups is 2. The zero-order chi connectivity index (χ0) is 23.2. The van der Waals surface area contributed by atoms with Crippen molar-refractivity contribution in [2.24, 2.45) is 4.99 Å². The van der Waals surface area contributed by atoms with Gasteiger partial charge in [-0.3, -0.25) is 9.98 Å². The SMILES string of the molecule is Cc1c(Nc2ccc(-n3cccn3)cc2)nc2c(=Cc3cc(O)[nH]c3O)cnn2c1=NC1CC1. The van der Waals surface area contributed by atoms with Crippen molar-refractivity contribution in [3.8, 4) is 17.4 Å². The first-order valence-corrected chi connectivity index (χ1v) is 11.0. The smallest absolute Gasteiger partial charge is 0.198 e. The number of rotatable bonds is 5. The molecule has 34 heavy (non-hydrogen) atoms. The van der Waals surface area contributed by atoms with Crippen LogP contribution in [0.5, 0.6) is 11.8 Å². The molecule has 5 aromatic rings. The van der Waals surface area contributed by atoms with Crippen LogP contribution in [-0.4, -0.2) is 45.6 Å². The molecule has 4 heterocycles. The fourth-order valence-electron chi connectivity index (χ4n) is 3.81. The van der Waals surface area contributed by atoms with Crippen molar-refractivity contribution >= 4 is 23.2 Å². The molecule has 0 atom stereocenters. The van der Waals surface area contributed by atoms with Crippen molar-refractivity contribution in [1.82, 2.24) is 29.4 Å². The average Bonchev–Trinajstić information content (AvgIpc) is 3.18. The number of aromatic nitrogens is 6. The molecular weight excluding hydrogens is 432 g/mol. The highest BCUT2D eigenvalue weighted by Crippen LogP contribution is 2.24. The van der Waals surface area contributed by atoms with Gasteiger partial charge in [0.05, 0.1) is 17.9 Å². The maximum absolute atomic E-state index is 10.0. The number of benzene rings is 1. The van der Waals surface area contributed by atoms with E-state index < -0.39 is 0 Å². The van der Waals surface area contributed by atoms with E-state index in [0.29, 0.717) is 28.3 Å². The zero-order valence-corrected chi connectivity index (χ0v) is 18.3. The Morgan fingerprint density at radius 2 is 2.00 bits per heavy atom. The van der Waals surface area contributed by atoms with E-state index in [1.54, 1.807) is 27.7 Å². The molecule has 4 aromatic heterocycles. The Bertz CT molecular complexity index is 1610. The van der Waals surface area contributed by atoms with E-state index in [9.17, 15) is 10.2 Å². The Labute approximate surface area is 193 Å². The lowest BCUT2D eigenvalue weighted by Crippen LogP contribution is -2.23. The molecule has 170 valence electrons. The van der Waals surface area contributed by atoms with Crippen molar-refractivity contribution in [2.45, 2.75) is 25.8 Å². The predicted molar refractivity (Wildman–Crippen MR) is 126 cm³/mol. The number of nitrogens with one attached hydrogen (secondary N) is 2. The minimum absolute atomic E-state index is 0.116. The third-order valence-corrected chi connectivity index (χ3v) is 5.75. The van der Waals surface area contributed by atoms with Crippen LogP contribution in [0.2, 0.25) is 0 Å². The molecule has 0 radical (unpaired) electrons. The fourth-order valence-corrected chi connectivity index (χ4v) is 3.81. The van der Waals surface area contributed by atoms with Gasteiger partial charge in [0.2, 0.25) is 0 Å². The summed E-state index contributed by atoms with van der Waals surface area (Å²) in [6, 6.07) is 11.5. The Kier molecular flexibility index (Phi) is 4.58. The first-order valence-electron chi connectivity index (χ1n) is 11.0. The Morgan fingerprint density at radius 3 is 2.68 bits per heavy atom. The summed E-state index contributed by atoms with van der Waals surface area (Å²) >= 11 is 0. The van der Waals surface area contributed by atoms with Crippen molar-refractivity contribution in [2.75, 3.05) is 5.32 Å². The quantitative estimate of drug-likeness (QED) is 0.323. The van der Waals surface area contributed by atoms with Crippen LogP contribution in [0.1, 0.15) is 24.0 Å². The average molecular weight is 454 g/mol. The second kappa shape index (κ2) is 7.77. The van der Waals surface area contributed by atoms with Gasteiger partial charge in [-0.15, -0.1) is 0 Å². The largest absolute Gasteiger partial charge is 0.494 e. The molecule has 4 N–H and O–H groups in total. The zero-order valence-electron chi connectivity index (χ0n) is 18.3. The molecule has 10 nitrogen and oxygen atoms in total. The second-order valence-corrected chi connectivity index (χ2v) is 8.33. The second-order valence-electron chi connectivity index (χ2n) is 8.33. The van der Waals surface area contributed by atoms with E-state index in [-0.39, 0.29) is 11.8 Å². The molecule has 0 aliphatic heterocycles. The molecule has 0 saturated heterocycles. The van der Waals surface area contributed by atoms with Gasteiger partial charge in [0.15, 0.2) is 22.9 Å². The Morgan fingerprint density at radius 1 is 1.18 bits per heavy atom. The molecule has 6 rings (SSSR count). The van der Waals surface area contributed by atoms with E-state index in [2.05, 4.69) is 20.5 Å². The third kappa shape index (κ3) is 3.64. The van der Waals surface area contributed by atoms with Crippen molar-refractivity contribution in [1.29, 1.82) is 0 Å². The Hall–Kier alpha value is -4.60. The monoisotopic (exact) mass is 454 g/mol.